The van der Waals surface area contributed by atoms with Crippen LogP contribution in [0.3, 0.4) is 0 Å². The van der Waals surface area contributed by atoms with Crippen molar-refractivity contribution in [2.75, 3.05) is 22.9 Å². The third-order valence-electron chi connectivity index (χ3n) is 18.6. The number of ether oxygens (including phenoxy) is 2. The van der Waals surface area contributed by atoms with Gasteiger partial charge in [0.05, 0.1) is 33.7 Å². The van der Waals surface area contributed by atoms with E-state index in [-0.39, 0.29) is 34.5 Å². The Morgan fingerprint density at radius 2 is 0.595 bits per heavy atom. The molecule has 0 saturated heterocycles. The van der Waals surface area contributed by atoms with Crippen molar-refractivity contribution in [2.45, 2.75) is 285 Å². The largest absolute Gasteiger partial charge is 0.422 e. The molecule has 8 nitrogen and oxygen atoms in total. The second kappa shape index (κ2) is 37.0. The number of carbonyl (C=O) groups excluding carboxylic acids is 4. The first-order chi connectivity index (χ1) is 41.1. The van der Waals surface area contributed by atoms with Crippen LogP contribution in [0, 0.1) is 11.8 Å². The Hall–Kier alpha value is -4.02. The van der Waals surface area contributed by atoms with Crippen LogP contribution in [0.15, 0.2) is 57.5 Å². The SMILES string of the molecule is CCCCCCCCCCCCC(CCCCCCCCCC)CN1C(=O)C(=C2C(=O)Oc3cc4c(cc32)OC(=O)C4=C2C(=O)N(CC(CCCCCCCCCC)CCCCCCCCCCCC)c3cc(Br)ccc32)c2ccc(Br)cc21. The molecule has 0 spiro atoms. The van der Waals surface area contributed by atoms with Gasteiger partial charge >= 0.3 is 11.9 Å². The van der Waals surface area contributed by atoms with Crippen LogP contribution in [-0.2, 0) is 19.2 Å². The first-order valence-electron chi connectivity index (χ1n) is 34.4. The fourth-order valence-corrected chi connectivity index (χ4v) is 14.4. The highest BCUT2D eigenvalue weighted by atomic mass is 79.9. The minimum atomic E-state index is -0.614. The lowest BCUT2D eigenvalue weighted by Gasteiger charge is -2.25. The molecule has 2 atom stereocenters. The smallest absolute Gasteiger partial charge is 0.345 e. The van der Waals surface area contributed by atoms with Gasteiger partial charge in [-0.15, -0.1) is 0 Å². The van der Waals surface area contributed by atoms with Crippen molar-refractivity contribution in [3.05, 3.63) is 79.7 Å². The lowest BCUT2D eigenvalue weighted by molar-refractivity contribution is -0.127. The van der Waals surface area contributed by atoms with E-state index in [1.807, 2.05) is 46.2 Å². The van der Waals surface area contributed by atoms with Crippen molar-refractivity contribution in [1.29, 1.82) is 0 Å². The molecule has 0 N–H and O–H groups in total. The Labute approximate surface area is 525 Å². The van der Waals surface area contributed by atoms with Crippen molar-refractivity contribution in [3.8, 4) is 11.5 Å². The second-order valence-electron chi connectivity index (χ2n) is 25.5. The minimum Gasteiger partial charge on any atom is -0.422 e. The number of carbonyl (C=O) groups is 4. The number of nitrogens with zero attached hydrogens (tertiary/aromatic N) is 2. The molecule has 10 heteroatoms. The number of fused-ring (bicyclic) bond motifs is 4. The first-order valence-corrected chi connectivity index (χ1v) is 36.0. The molecule has 0 fully saturated rings. The minimum absolute atomic E-state index is 0.179. The second-order valence-corrected chi connectivity index (χ2v) is 27.3. The van der Waals surface area contributed by atoms with Crippen LogP contribution in [0.5, 0.6) is 11.5 Å². The molecule has 0 aromatic heterocycles. The topological polar surface area (TPSA) is 93.2 Å². The standard InChI is InChI=1S/C74H106Br2N2O6/c1-5-9-13-17-21-25-27-31-35-39-43-55(41-37-33-29-23-19-15-11-7-3)53-77-63-49-57(75)45-47-59(63)67(71(77)79)69-61-51-66-62(52-65(61)83-73(69)81)70(74(82)84-66)68-60-48-46-58(76)50-64(60)78(72(68)80)54-56(42-38-34-30-24-20-16-12-8-4)44-40-36-32-28-26-22-18-14-10-6-2/h45-52,55-56H,5-44,53-54H2,1-4H3. The molecule has 0 radical (unpaired) electrons. The van der Waals surface area contributed by atoms with Crippen molar-refractivity contribution in [1.82, 2.24) is 0 Å². The van der Waals surface area contributed by atoms with Crippen LogP contribution < -0.4 is 19.3 Å². The Bertz CT molecular complexity index is 2470. The van der Waals surface area contributed by atoms with Crippen LogP contribution in [0.1, 0.15) is 307 Å². The molecule has 3 aromatic rings. The van der Waals surface area contributed by atoms with Gasteiger partial charge < -0.3 is 19.3 Å². The average molecular weight is 1280 g/mol. The summed E-state index contributed by atoms with van der Waals surface area (Å²) in [7, 11) is 0. The number of hydrogen-bond acceptors (Lipinski definition) is 6. The predicted molar refractivity (Wildman–Crippen MR) is 359 cm³/mol. The highest BCUT2D eigenvalue weighted by molar-refractivity contribution is 9.10. The maximum absolute atomic E-state index is 15.2. The number of benzene rings is 3. The number of hydrogen-bond donors (Lipinski definition) is 0. The summed E-state index contributed by atoms with van der Waals surface area (Å²) in [6, 6.07) is 15.1. The van der Waals surface area contributed by atoms with Crippen molar-refractivity contribution in [3.63, 3.8) is 0 Å². The average Bonchev–Trinajstić information content (AvgIpc) is 2.79. The van der Waals surface area contributed by atoms with E-state index in [0.717, 1.165) is 71.7 Å². The number of esters is 2. The lowest BCUT2D eigenvalue weighted by Crippen LogP contribution is -2.32. The molecule has 0 aliphatic carbocycles. The Morgan fingerprint density at radius 1 is 0.333 bits per heavy atom. The van der Waals surface area contributed by atoms with Crippen LogP contribution in [0.2, 0.25) is 0 Å². The van der Waals surface area contributed by atoms with E-state index in [9.17, 15) is 9.59 Å². The fourth-order valence-electron chi connectivity index (χ4n) is 13.7. The summed E-state index contributed by atoms with van der Waals surface area (Å²) in [6.45, 7) is 10.2. The molecule has 2 unspecified atom stereocenters. The van der Waals surface area contributed by atoms with Gasteiger partial charge in [0, 0.05) is 44.3 Å². The molecule has 4 aliphatic heterocycles. The van der Waals surface area contributed by atoms with E-state index in [1.54, 1.807) is 12.1 Å². The summed E-state index contributed by atoms with van der Waals surface area (Å²) in [5, 5.41) is 0. The van der Waals surface area contributed by atoms with E-state index in [1.165, 1.54) is 205 Å². The molecule has 462 valence electrons. The molecule has 7 rings (SSSR count). The van der Waals surface area contributed by atoms with Crippen molar-refractivity contribution >= 4 is 89.3 Å². The zero-order valence-electron chi connectivity index (χ0n) is 52.6. The van der Waals surface area contributed by atoms with Gasteiger partial charge in [-0.2, -0.15) is 0 Å². The normalized spacial score (nSPS) is 16.9. The number of halogens is 2. The van der Waals surface area contributed by atoms with Gasteiger partial charge in [0.15, 0.2) is 0 Å². The molecule has 2 amide bonds. The van der Waals surface area contributed by atoms with Gasteiger partial charge in [0.2, 0.25) is 0 Å². The number of unbranched alkanes of at least 4 members (excludes halogenated alkanes) is 32. The molecule has 84 heavy (non-hydrogen) atoms. The van der Waals surface area contributed by atoms with Crippen LogP contribution in [0.25, 0.3) is 22.3 Å². The zero-order chi connectivity index (χ0) is 59.5. The molecule has 0 bridgehead atoms. The van der Waals surface area contributed by atoms with Crippen LogP contribution >= 0.6 is 31.9 Å². The molecular weight excluding hydrogens is 1170 g/mol. The lowest BCUT2D eigenvalue weighted by atomic mass is 9.92. The molecular formula is C74H106Br2N2O6. The van der Waals surface area contributed by atoms with E-state index < -0.39 is 11.9 Å². The predicted octanol–water partition coefficient (Wildman–Crippen LogP) is 22.5. The van der Waals surface area contributed by atoms with Crippen molar-refractivity contribution < 1.29 is 28.7 Å². The molecule has 4 heterocycles. The fraction of sp³-hybridized carbons (Fsp3) is 0.649. The van der Waals surface area contributed by atoms with Crippen LogP contribution in [-0.4, -0.2) is 36.8 Å². The van der Waals surface area contributed by atoms with Gasteiger partial charge in [-0.3, -0.25) is 9.59 Å². The molecule has 3 aromatic carbocycles. The maximum atomic E-state index is 15.2. The maximum Gasteiger partial charge on any atom is 0.345 e. The van der Waals surface area contributed by atoms with E-state index in [0.29, 0.717) is 58.3 Å². The zero-order valence-corrected chi connectivity index (χ0v) is 55.7. The number of rotatable bonds is 44. The summed E-state index contributed by atoms with van der Waals surface area (Å²) in [6.07, 6.45) is 50.2. The molecule has 4 aliphatic rings. The summed E-state index contributed by atoms with van der Waals surface area (Å²) in [5.74, 6) is -0.507. The monoisotopic (exact) mass is 1280 g/mol. The Kier molecular flexibility index (Phi) is 29.7. The quantitative estimate of drug-likeness (QED) is 0.0242. The Morgan fingerprint density at radius 3 is 0.869 bits per heavy atom. The van der Waals surface area contributed by atoms with Crippen molar-refractivity contribution in [2.24, 2.45) is 11.8 Å². The first kappa shape index (κ1) is 67.5. The Balaban J connectivity index is 1.10. The van der Waals surface area contributed by atoms with Gasteiger partial charge in [-0.1, -0.05) is 303 Å². The van der Waals surface area contributed by atoms with Gasteiger partial charge in [-0.25, -0.2) is 9.59 Å². The summed E-state index contributed by atoms with van der Waals surface area (Å²) in [4.78, 5) is 63.0. The highest BCUT2D eigenvalue weighted by Crippen LogP contribution is 2.53. The van der Waals surface area contributed by atoms with E-state index >= 15 is 9.59 Å². The summed E-state index contributed by atoms with van der Waals surface area (Å²) >= 11 is 7.44. The number of anilines is 2. The third-order valence-corrected chi connectivity index (χ3v) is 19.6. The van der Waals surface area contributed by atoms with Crippen LogP contribution in [0.4, 0.5) is 11.4 Å². The highest BCUT2D eigenvalue weighted by Gasteiger charge is 2.45. The third kappa shape index (κ3) is 19.5. The van der Waals surface area contributed by atoms with E-state index in [2.05, 4.69) is 59.6 Å². The molecule has 0 saturated carbocycles. The van der Waals surface area contributed by atoms with E-state index in [4.69, 9.17) is 9.47 Å². The number of amides is 2. The van der Waals surface area contributed by atoms with Gasteiger partial charge in [0.1, 0.15) is 11.5 Å². The summed E-state index contributed by atoms with van der Waals surface area (Å²) in [5.41, 5.74) is 4.79. The van der Waals surface area contributed by atoms with Gasteiger partial charge in [0.25, 0.3) is 11.8 Å². The summed E-state index contributed by atoms with van der Waals surface area (Å²) < 4.78 is 14.0. The van der Waals surface area contributed by atoms with Gasteiger partial charge in [-0.05, 0) is 73.9 Å².